The second kappa shape index (κ2) is 12.0. The van der Waals surface area contributed by atoms with Crippen LogP contribution >= 0.6 is 0 Å². The monoisotopic (exact) mass is 493 g/mol. The lowest BCUT2D eigenvalue weighted by molar-refractivity contribution is -0.136. The molecule has 0 spiro atoms. The van der Waals surface area contributed by atoms with Gasteiger partial charge in [0.1, 0.15) is 11.5 Å². The number of hydrogen-bond acceptors (Lipinski definition) is 3. The Kier molecular flexibility index (Phi) is 8.37. The topological polar surface area (TPSA) is 75.6 Å². The first-order valence-electron chi connectivity index (χ1n) is 12.4. The maximum Gasteiger partial charge on any atom is 0.303 e. The van der Waals surface area contributed by atoms with Gasteiger partial charge in [-0.3, -0.25) is 9.59 Å². The van der Waals surface area contributed by atoms with Crippen molar-refractivity contribution in [3.8, 4) is 11.5 Å². The van der Waals surface area contributed by atoms with E-state index >= 15 is 0 Å². The minimum atomic E-state index is -0.815. The number of rotatable bonds is 10. The summed E-state index contributed by atoms with van der Waals surface area (Å²) in [4.78, 5) is 24.1. The van der Waals surface area contributed by atoms with E-state index in [2.05, 4.69) is 29.6 Å². The molecular formula is C32H31NO4. The molecule has 0 aromatic heterocycles. The standard InChI is InChI=1S/C32H31NO4/c1-22-20-27(18-16-24(22)17-19-31(34)35)37-30-15-9-14-28(23(30)2)32(36)33-21-29(25-10-5-3-6-11-25)26-12-7-4-8-13-26/h3-16,18,20,29H,17,19,21H2,1-2H3,(H,33,36)(H,34,35). The predicted molar refractivity (Wildman–Crippen MR) is 145 cm³/mol. The van der Waals surface area contributed by atoms with E-state index in [1.807, 2.05) is 80.6 Å². The number of nitrogens with one attached hydrogen (secondary N) is 1. The zero-order chi connectivity index (χ0) is 26.2. The molecule has 1 amide bonds. The lowest BCUT2D eigenvalue weighted by Crippen LogP contribution is -2.29. The van der Waals surface area contributed by atoms with Crippen LogP contribution in [0.1, 0.15) is 50.5 Å². The maximum absolute atomic E-state index is 13.2. The fourth-order valence-corrected chi connectivity index (χ4v) is 4.44. The summed E-state index contributed by atoms with van der Waals surface area (Å²) in [6.45, 7) is 4.29. The van der Waals surface area contributed by atoms with E-state index in [0.29, 0.717) is 30.0 Å². The van der Waals surface area contributed by atoms with E-state index in [9.17, 15) is 9.59 Å². The van der Waals surface area contributed by atoms with Gasteiger partial charge in [0, 0.05) is 30.0 Å². The molecule has 0 atom stereocenters. The normalized spacial score (nSPS) is 10.8. The number of carboxylic acid groups (broad SMARTS) is 1. The summed E-state index contributed by atoms with van der Waals surface area (Å²) >= 11 is 0. The second-order valence-corrected chi connectivity index (χ2v) is 9.10. The predicted octanol–water partition coefficient (Wildman–Crippen LogP) is 6.67. The lowest BCUT2D eigenvalue weighted by Gasteiger charge is -2.19. The van der Waals surface area contributed by atoms with E-state index in [1.54, 1.807) is 6.07 Å². The van der Waals surface area contributed by atoms with Crippen molar-refractivity contribution in [3.63, 3.8) is 0 Å². The highest BCUT2D eigenvalue weighted by Crippen LogP contribution is 2.29. The van der Waals surface area contributed by atoms with Gasteiger partial charge in [0.05, 0.1) is 0 Å². The third kappa shape index (κ3) is 6.64. The summed E-state index contributed by atoms with van der Waals surface area (Å²) in [6, 6.07) is 31.4. The number of amides is 1. The molecule has 5 heteroatoms. The summed E-state index contributed by atoms with van der Waals surface area (Å²) < 4.78 is 6.13. The molecule has 37 heavy (non-hydrogen) atoms. The highest BCUT2D eigenvalue weighted by Gasteiger charge is 2.18. The molecule has 4 rings (SSSR count). The van der Waals surface area contributed by atoms with E-state index in [0.717, 1.165) is 27.8 Å². The molecule has 0 unspecified atom stereocenters. The van der Waals surface area contributed by atoms with Gasteiger partial charge in [-0.25, -0.2) is 0 Å². The Morgan fingerprint density at radius 2 is 1.49 bits per heavy atom. The van der Waals surface area contributed by atoms with Crippen LogP contribution in [0.4, 0.5) is 0 Å². The van der Waals surface area contributed by atoms with Gasteiger partial charge >= 0.3 is 5.97 Å². The average Bonchev–Trinajstić information content (AvgIpc) is 2.90. The third-order valence-corrected chi connectivity index (χ3v) is 6.55. The Labute approximate surface area is 217 Å². The van der Waals surface area contributed by atoms with Crippen molar-refractivity contribution in [2.24, 2.45) is 0 Å². The molecule has 0 saturated carbocycles. The molecular weight excluding hydrogens is 462 g/mol. The van der Waals surface area contributed by atoms with Gasteiger partial charge in [-0.1, -0.05) is 72.8 Å². The van der Waals surface area contributed by atoms with Crippen LogP contribution in [0.15, 0.2) is 97.1 Å². The first-order valence-corrected chi connectivity index (χ1v) is 12.4. The van der Waals surface area contributed by atoms with Gasteiger partial charge in [0.25, 0.3) is 5.91 Å². The minimum absolute atomic E-state index is 0.0358. The third-order valence-electron chi connectivity index (χ3n) is 6.55. The Morgan fingerprint density at radius 3 is 2.08 bits per heavy atom. The Bertz CT molecular complexity index is 1330. The molecule has 0 radical (unpaired) electrons. The van der Waals surface area contributed by atoms with Gasteiger partial charge < -0.3 is 15.2 Å². The first kappa shape index (κ1) is 25.7. The molecule has 5 nitrogen and oxygen atoms in total. The fraction of sp³-hybridized carbons (Fsp3) is 0.188. The molecule has 0 saturated heterocycles. The van der Waals surface area contributed by atoms with Crippen molar-refractivity contribution >= 4 is 11.9 Å². The molecule has 4 aromatic carbocycles. The zero-order valence-corrected chi connectivity index (χ0v) is 21.1. The maximum atomic E-state index is 13.2. The molecule has 2 N–H and O–H groups in total. The van der Waals surface area contributed by atoms with Gasteiger partial charge in [0.15, 0.2) is 0 Å². The summed E-state index contributed by atoms with van der Waals surface area (Å²) in [6.07, 6.45) is 0.565. The van der Waals surface area contributed by atoms with Crippen molar-refractivity contribution in [2.45, 2.75) is 32.6 Å². The van der Waals surface area contributed by atoms with Gasteiger partial charge in [-0.2, -0.15) is 0 Å². The molecule has 0 aliphatic rings. The molecule has 0 heterocycles. The number of aryl methyl sites for hydroxylation is 2. The van der Waals surface area contributed by atoms with E-state index in [-0.39, 0.29) is 18.2 Å². The van der Waals surface area contributed by atoms with Crippen molar-refractivity contribution < 1.29 is 19.4 Å². The van der Waals surface area contributed by atoms with Crippen LogP contribution in [-0.4, -0.2) is 23.5 Å². The number of hydrogen-bond donors (Lipinski definition) is 2. The Hall–Kier alpha value is -4.38. The van der Waals surface area contributed by atoms with Crippen molar-refractivity contribution in [1.82, 2.24) is 5.32 Å². The average molecular weight is 494 g/mol. The number of benzene rings is 4. The first-order chi connectivity index (χ1) is 17.9. The lowest BCUT2D eigenvalue weighted by atomic mass is 9.91. The molecule has 0 aliphatic carbocycles. The number of aliphatic carboxylic acids is 1. The summed E-state index contributed by atoms with van der Waals surface area (Å²) in [5.74, 6) is 0.316. The highest BCUT2D eigenvalue weighted by molar-refractivity contribution is 5.96. The van der Waals surface area contributed by atoms with Crippen LogP contribution in [0, 0.1) is 13.8 Å². The number of carbonyl (C=O) groups is 2. The summed E-state index contributed by atoms with van der Waals surface area (Å²) in [5, 5.41) is 12.1. The number of carboxylic acids is 1. The van der Waals surface area contributed by atoms with Crippen LogP contribution in [0.3, 0.4) is 0 Å². The second-order valence-electron chi connectivity index (χ2n) is 9.10. The van der Waals surface area contributed by atoms with Crippen LogP contribution in [-0.2, 0) is 11.2 Å². The van der Waals surface area contributed by atoms with Crippen molar-refractivity contribution in [2.75, 3.05) is 6.54 Å². The smallest absolute Gasteiger partial charge is 0.303 e. The molecule has 0 bridgehead atoms. The van der Waals surface area contributed by atoms with E-state index in [1.165, 1.54) is 0 Å². The fourth-order valence-electron chi connectivity index (χ4n) is 4.44. The zero-order valence-electron chi connectivity index (χ0n) is 21.1. The van der Waals surface area contributed by atoms with Gasteiger partial charge in [0.2, 0.25) is 0 Å². The van der Waals surface area contributed by atoms with Crippen LogP contribution in [0.2, 0.25) is 0 Å². The summed E-state index contributed by atoms with van der Waals surface area (Å²) in [7, 11) is 0. The number of carbonyl (C=O) groups excluding carboxylic acids is 1. The van der Waals surface area contributed by atoms with Crippen LogP contribution in [0.5, 0.6) is 11.5 Å². The van der Waals surface area contributed by atoms with E-state index in [4.69, 9.17) is 9.84 Å². The summed E-state index contributed by atoms with van der Waals surface area (Å²) in [5.41, 5.74) is 5.55. The molecule has 188 valence electrons. The SMILES string of the molecule is Cc1cc(Oc2cccc(C(=O)NCC(c3ccccc3)c3ccccc3)c2C)ccc1CCC(=O)O. The van der Waals surface area contributed by atoms with Crippen LogP contribution < -0.4 is 10.1 Å². The van der Waals surface area contributed by atoms with Gasteiger partial charge in [-0.15, -0.1) is 0 Å². The van der Waals surface area contributed by atoms with Crippen molar-refractivity contribution in [1.29, 1.82) is 0 Å². The van der Waals surface area contributed by atoms with Crippen LogP contribution in [0.25, 0.3) is 0 Å². The number of ether oxygens (including phenoxy) is 1. The minimum Gasteiger partial charge on any atom is -0.481 e. The van der Waals surface area contributed by atoms with Crippen molar-refractivity contribution in [3.05, 3.63) is 130 Å². The largest absolute Gasteiger partial charge is 0.481 e. The Morgan fingerprint density at radius 1 is 0.838 bits per heavy atom. The van der Waals surface area contributed by atoms with E-state index < -0.39 is 5.97 Å². The molecule has 0 aliphatic heterocycles. The Balaban J connectivity index is 1.48. The molecule has 4 aromatic rings. The quantitative estimate of drug-likeness (QED) is 0.259. The highest BCUT2D eigenvalue weighted by atomic mass is 16.5. The van der Waals surface area contributed by atoms with Gasteiger partial charge in [-0.05, 0) is 66.8 Å². The molecule has 0 fully saturated rings.